The first-order chi connectivity index (χ1) is 79.6. The molecule has 0 bridgehead atoms. The molecule has 12 heteroatoms. The zero-order valence-corrected chi connectivity index (χ0v) is 73.8. The maximum Gasteiger partial charge on any atom is 0.227 e. The molecule has 12 aromatic heterocycles. The van der Waals surface area contributed by atoms with Crippen LogP contribution in [0.3, 0.4) is 0 Å². The maximum absolute atomic E-state index is 9.58. The summed E-state index contributed by atoms with van der Waals surface area (Å²) in [6.07, 6.45) is -1.30. The van der Waals surface area contributed by atoms with E-state index in [1.807, 2.05) is 220 Å². The summed E-state index contributed by atoms with van der Waals surface area (Å²) in [5, 5.41) is 4.73. The average molecular weight is 1770 g/mol. The Labute approximate surface area is 829 Å². The van der Waals surface area contributed by atoms with Crippen LogP contribution < -0.4 is 18.3 Å². The molecule has 0 spiro atoms. The van der Waals surface area contributed by atoms with E-state index in [1.54, 1.807) is 79.0 Å². The minimum Gasteiger partial charge on any atom is -0.437 e. The van der Waals surface area contributed by atoms with Crippen molar-refractivity contribution in [2.24, 2.45) is 51.8 Å². The highest BCUT2D eigenvalue weighted by molar-refractivity contribution is 6.15. The van der Waals surface area contributed by atoms with E-state index < -0.39 is 151 Å². The van der Waals surface area contributed by atoms with Gasteiger partial charge in [-0.05, 0) is 192 Å². The first-order valence-electron chi connectivity index (χ1n) is 63.3. The van der Waals surface area contributed by atoms with E-state index in [2.05, 4.69) is 9.97 Å². The fourth-order valence-corrected chi connectivity index (χ4v) is 20.6. The highest BCUT2D eigenvalue weighted by Gasteiger charge is 2.51. The number of pyridine rings is 8. The third kappa shape index (κ3) is 12.8. The van der Waals surface area contributed by atoms with Gasteiger partial charge in [0, 0.05) is 191 Å². The number of rotatable bonds is 12. The van der Waals surface area contributed by atoms with Gasteiger partial charge in [-0.15, -0.1) is 0 Å². The molecule has 3 atom stereocenters. The van der Waals surface area contributed by atoms with Gasteiger partial charge in [0.1, 0.15) is 28.2 Å². The van der Waals surface area contributed by atoms with Crippen molar-refractivity contribution in [2.75, 3.05) is 0 Å². The Bertz CT molecular complexity index is 9850. The maximum atomic E-state index is 9.58. The van der Waals surface area contributed by atoms with Crippen LogP contribution in [-0.4, -0.2) is 19.9 Å². The monoisotopic (exact) mass is 1770 g/mol. The number of nitrogens with zero attached hydrogens (tertiary/aromatic N) is 8. The Kier molecular flexibility index (Phi) is 12.4. The van der Waals surface area contributed by atoms with Crippen LogP contribution in [0.2, 0.25) is 0 Å². The Morgan fingerprint density at radius 2 is 0.712 bits per heavy atom. The predicted octanol–water partition coefficient (Wildman–Crippen LogP) is 28.5. The van der Waals surface area contributed by atoms with Crippen molar-refractivity contribution >= 4 is 88.3 Å². The van der Waals surface area contributed by atoms with Gasteiger partial charge in [0.2, 0.25) is 45.6 Å². The standard InChI is InChI=1S/C33H35N2O.C31H31N2O.C29H27N2O.C27H23N2O/c1-20(2)18-33(19-21(3)4)27-12-8-7-11-23(27)25-17-26-24-15-14-22(5)29(28-13-9-10-16-35(28)6)30(24)36-32(26)34-31(25)33;1-18(2)31(19(3)4)25-12-8-7-11-21(25)23-17-24-22-15-14-20(5)27(26-13-9-10-16-33(26)6)28(22)34-30(24)32-29(23)31;1-5-29(6-2)23-12-8-7-11-19(23)21-17-22-20-15-14-18(3)25(24-13-9-10-16-31(24)4)26(20)32-28(22)30-27(21)29;1-16-12-13-18-23-24-19(17-9-5-6-10-20(17)27(24,2)3)15-28-26(23)30-25(18)22(16)21-11-7-8-14-29(21)4/h7-17,20-21H,18-19H2,1-6H3;7-19H,1-6H3;7-17H,5-6H2,1-4H3;5-15H,1-4H3/q4*+1/i1D3,3D3,18D2,19D2,20D,21D;1D3,2D3,3D3,4D3,18D,19D;1D3,2D3,5D2;2D3,3D3. The van der Waals surface area contributed by atoms with Crippen molar-refractivity contribution in [3.8, 4) is 89.5 Å². The summed E-state index contributed by atoms with van der Waals surface area (Å²) in [6, 6.07) is 68.7. The van der Waals surface area contributed by atoms with Gasteiger partial charge in [-0.1, -0.05) is 228 Å². The molecule has 0 amide bonds. The fourth-order valence-electron chi connectivity index (χ4n) is 20.6. The minimum atomic E-state index is -3.93. The Morgan fingerprint density at radius 1 is 0.356 bits per heavy atom. The number of fused-ring (bicyclic) bond motifs is 25. The van der Waals surface area contributed by atoms with E-state index in [0.717, 1.165) is 81.0 Å². The third-order valence-corrected chi connectivity index (χ3v) is 26.7. The lowest BCUT2D eigenvalue weighted by Gasteiger charge is -2.39. The second kappa shape index (κ2) is 32.0. The van der Waals surface area contributed by atoms with E-state index in [1.165, 1.54) is 42.5 Å². The van der Waals surface area contributed by atoms with Crippen LogP contribution >= 0.6 is 0 Å². The molecule has 0 saturated carbocycles. The molecule has 0 N–H and O–H groups in total. The smallest absolute Gasteiger partial charge is 0.227 e. The highest BCUT2D eigenvalue weighted by Crippen LogP contribution is 2.61. The summed E-state index contributed by atoms with van der Waals surface area (Å²) in [5.41, 5.74) is 4.10. The van der Waals surface area contributed by atoms with Crippen molar-refractivity contribution in [1.82, 2.24) is 19.9 Å². The Morgan fingerprint density at radius 3 is 1.12 bits per heavy atom. The van der Waals surface area contributed by atoms with Crippen LogP contribution in [0.15, 0.2) is 285 Å². The molecule has 24 rings (SSSR count). The molecule has 8 aromatic carbocycles. The van der Waals surface area contributed by atoms with Crippen molar-refractivity contribution < 1.29 is 90.8 Å². The molecule has 0 aliphatic heterocycles. The molecular formula is C120H116N8O4+4. The van der Waals surface area contributed by atoms with Gasteiger partial charge in [0.05, 0.1) is 44.7 Å². The van der Waals surface area contributed by atoms with Crippen LogP contribution in [-0.2, 0) is 49.9 Å². The fraction of sp³-hybridized carbons (Fsp3) is 0.267. The Hall–Kier alpha value is -13.8. The van der Waals surface area contributed by atoms with Crippen LogP contribution in [0, 0.1) is 51.3 Å². The lowest BCUT2D eigenvalue weighted by Crippen LogP contribution is -2.38. The molecule has 0 saturated heterocycles. The second-order valence-corrected chi connectivity index (χ2v) is 34.6. The number of aryl methyl sites for hydroxylation is 8. The summed E-state index contributed by atoms with van der Waals surface area (Å²) in [6.45, 7) is -24.1. The van der Waals surface area contributed by atoms with Crippen LogP contribution in [0.4, 0.5) is 0 Å². The summed E-state index contributed by atoms with van der Waals surface area (Å²) >= 11 is 0. The summed E-state index contributed by atoms with van der Waals surface area (Å²) in [4.78, 5) is 18.8. The van der Waals surface area contributed by atoms with Gasteiger partial charge in [0.15, 0.2) is 47.1 Å². The molecule has 0 fully saturated rings. The third-order valence-electron chi connectivity index (χ3n) is 26.7. The highest BCUT2D eigenvalue weighted by atomic mass is 16.4. The SMILES string of the molecule is [2H]C([2H])([2H])C([2H])(C([2H])([2H])[2H])C1(C([2H])(C([2H])([2H])[2H])C([2H])([2H])[2H])c2ccccc2-c2cc3c(nc21)oc1c(-c2cccc[n+]2C)c(C)ccc13.[2H]C([2H])([2H])C([2H])(C)C([2H])([2H])C1(C([2H])([2H])C([2H])(C)C([2H])([2H])[2H])c2ccccc2-c2cc3c(nc21)oc1c(-c2cccc[n+]2C)c(C)ccc13.[2H]C([2H])([2H])C1(C([2H])([2H])[2H])c2ccccc2-c2cnc3oc4c(-c5cccc[n+]5C)c(C)ccc4c3c21.[2H]C([2H])([2H])CC1(C([2H])([2H])C([2H])([2H])[2H])c2ccccc2-c2cc3c(nc21)oc1c(-c2cccc[n+]2C)c(C)ccc13. The number of hydrogen-bond acceptors (Lipinski definition) is 8. The van der Waals surface area contributed by atoms with E-state index in [4.69, 9.17) is 74.2 Å². The first-order valence-corrected chi connectivity index (χ1v) is 43.3. The summed E-state index contributed by atoms with van der Waals surface area (Å²) in [7, 11) is 7.63. The molecule has 4 aliphatic carbocycles. The minimum absolute atomic E-state index is 0.00319. The molecule has 656 valence electrons. The molecule has 132 heavy (non-hydrogen) atoms. The number of aromatic nitrogens is 8. The molecular weight excluding hydrogens is 1620 g/mol. The molecule has 12 heterocycles. The zero-order chi connectivity index (χ0) is 126. The second-order valence-electron chi connectivity index (χ2n) is 34.6. The number of benzene rings is 8. The molecule has 0 radical (unpaired) electrons. The topological polar surface area (TPSA) is 120 Å². The summed E-state index contributed by atoms with van der Waals surface area (Å²) < 4.78 is 379. The lowest BCUT2D eigenvalue weighted by molar-refractivity contribution is -0.660. The first kappa shape index (κ1) is 51.1. The van der Waals surface area contributed by atoms with Gasteiger partial charge in [0.25, 0.3) is 0 Å². The number of furan rings is 4. The van der Waals surface area contributed by atoms with E-state index in [9.17, 15) is 8.22 Å². The lowest BCUT2D eigenvalue weighted by atomic mass is 9.64. The average Bonchev–Trinajstić information content (AvgIpc) is 1.44. The van der Waals surface area contributed by atoms with Gasteiger partial charge in [-0.2, -0.15) is 0 Å². The van der Waals surface area contributed by atoms with Crippen LogP contribution in [0.5, 0.6) is 0 Å². The van der Waals surface area contributed by atoms with E-state index in [-0.39, 0.29) is 73.2 Å². The normalized spacial score (nSPS) is 22.5. The zero-order valence-electron chi connectivity index (χ0n) is 114. The van der Waals surface area contributed by atoms with Crippen molar-refractivity contribution in [1.29, 1.82) is 0 Å². The molecule has 20 aromatic rings. The number of hydrogen-bond donors (Lipinski definition) is 0. The van der Waals surface area contributed by atoms with E-state index >= 15 is 0 Å². The van der Waals surface area contributed by atoms with Gasteiger partial charge in [-0.25, -0.2) is 38.2 Å². The van der Waals surface area contributed by atoms with Crippen LogP contribution in [0.1, 0.15) is 230 Å². The van der Waals surface area contributed by atoms with Crippen molar-refractivity contribution in [2.45, 2.75) is 157 Å². The van der Waals surface area contributed by atoms with E-state index in [0.29, 0.717) is 93.4 Å². The predicted molar refractivity (Wildman–Crippen MR) is 537 cm³/mol. The van der Waals surface area contributed by atoms with Crippen molar-refractivity contribution in [3.05, 3.63) is 335 Å². The van der Waals surface area contributed by atoms with Crippen LogP contribution in [0.25, 0.3) is 178 Å². The van der Waals surface area contributed by atoms with Gasteiger partial charge in [-0.3, -0.25) is 0 Å². The molecule has 12 nitrogen and oxygen atoms in total. The Balaban J connectivity index is 0.000000131. The largest absolute Gasteiger partial charge is 0.437 e. The molecule has 3 unspecified atom stereocenters. The summed E-state index contributed by atoms with van der Waals surface area (Å²) in [5.74, 6) is -13.9. The quantitative estimate of drug-likeness (QED) is 0.111. The van der Waals surface area contributed by atoms with Gasteiger partial charge >= 0.3 is 0 Å². The molecule has 4 aliphatic rings. The van der Waals surface area contributed by atoms with Crippen molar-refractivity contribution in [3.63, 3.8) is 0 Å². The van der Waals surface area contributed by atoms with Gasteiger partial charge < -0.3 is 17.7 Å².